The molecule has 2 aliphatic rings. The summed E-state index contributed by atoms with van der Waals surface area (Å²) in [7, 11) is 0. The highest BCUT2D eigenvalue weighted by Crippen LogP contribution is 2.47. The van der Waals surface area contributed by atoms with Crippen molar-refractivity contribution >= 4 is 11.0 Å². The normalized spacial score (nSPS) is 18.1. The van der Waals surface area contributed by atoms with Crippen LogP contribution in [0.2, 0.25) is 0 Å². The van der Waals surface area contributed by atoms with Gasteiger partial charge >= 0.3 is 0 Å². The average molecular weight is 283 g/mol. The lowest BCUT2D eigenvalue weighted by atomic mass is 9.90. The van der Waals surface area contributed by atoms with E-state index in [1.165, 1.54) is 67.2 Å². The molecule has 0 saturated heterocycles. The first-order chi connectivity index (χ1) is 10.4. The molecule has 0 amide bonds. The average Bonchev–Trinajstić information content (AvgIpc) is 3.27. The van der Waals surface area contributed by atoms with Gasteiger partial charge in [0.05, 0.1) is 6.54 Å². The van der Waals surface area contributed by atoms with Crippen LogP contribution < -0.4 is 5.32 Å². The standard InChI is InChI=1S/C19H25NO/c1-2-9-20-12-18-19(13-7-8-13)16-10-14-5-3-4-6-15(14)11-17(16)21-18/h10-11,13,20H,2-9,12H2,1H3. The zero-order chi connectivity index (χ0) is 14.2. The Hall–Kier alpha value is -1.28. The Morgan fingerprint density at radius 1 is 1.14 bits per heavy atom. The second-order valence-corrected chi connectivity index (χ2v) is 6.71. The maximum atomic E-state index is 6.25. The Morgan fingerprint density at radius 2 is 1.90 bits per heavy atom. The van der Waals surface area contributed by atoms with Crippen molar-refractivity contribution in [1.29, 1.82) is 0 Å². The van der Waals surface area contributed by atoms with Crippen LogP contribution in [-0.4, -0.2) is 6.54 Å². The van der Waals surface area contributed by atoms with Crippen LogP contribution in [0.3, 0.4) is 0 Å². The first-order valence-electron chi connectivity index (χ1n) is 8.64. The van der Waals surface area contributed by atoms with Crippen molar-refractivity contribution in [2.45, 2.75) is 64.3 Å². The molecule has 0 spiro atoms. The molecule has 2 heteroatoms. The first kappa shape index (κ1) is 13.4. The fourth-order valence-corrected chi connectivity index (χ4v) is 3.73. The van der Waals surface area contributed by atoms with E-state index in [0.717, 1.165) is 24.6 Å². The molecule has 0 unspecified atom stereocenters. The van der Waals surface area contributed by atoms with Crippen LogP contribution in [0, 0.1) is 0 Å². The van der Waals surface area contributed by atoms with Crippen LogP contribution in [0.4, 0.5) is 0 Å². The van der Waals surface area contributed by atoms with Crippen LogP contribution in [0.15, 0.2) is 16.5 Å². The van der Waals surface area contributed by atoms with E-state index in [0.29, 0.717) is 0 Å². The van der Waals surface area contributed by atoms with Crippen molar-refractivity contribution in [2.75, 3.05) is 6.54 Å². The Balaban J connectivity index is 1.76. The molecule has 1 N–H and O–H groups in total. The summed E-state index contributed by atoms with van der Waals surface area (Å²) in [6, 6.07) is 4.78. The van der Waals surface area contributed by atoms with Crippen LogP contribution in [0.25, 0.3) is 11.0 Å². The summed E-state index contributed by atoms with van der Waals surface area (Å²) in [5, 5.41) is 4.92. The molecule has 2 nitrogen and oxygen atoms in total. The van der Waals surface area contributed by atoms with Crippen molar-refractivity contribution in [2.24, 2.45) is 0 Å². The van der Waals surface area contributed by atoms with Crippen LogP contribution in [0.5, 0.6) is 0 Å². The molecule has 0 atom stereocenters. The highest BCUT2D eigenvalue weighted by atomic mass is 16.3. The minimum atomic E-state index is 0.756. The fourth-order valence-electron chi connectivity index (χ4n) is 3.73. The molecule has 21 heavy (non-hydrogen) atoms. The van der Waals surface area contributed by atoms with E-state index in [2.05, 4.69) is 24.4 Å². The van der Waals surface area contributed by atoms with Gasteiger partial charge in [0, 0.05) is 10.9 Å². The minimum Gasteiger partial charge on any atom is -0.459 e. The van der Waals surface area contributed by atoms with Crippen LogP contribution in [0.1, 0.15) is 67.4 Å². The number of rotatable bonds is 5. The minimum absolute atomic E-state index is 0.756. The summed E-state index contributed by atoms with van der Waals surface area (Å²) in [6.45, 7) is 4.16. The Bertz CT molecular complexity index is 651. The van der Waals surface area contributed by atoms with Crippen LogP contribution in [-0.2, 0) is 19.4 Å². The summed E-state index contributed by atoms with van der Waals surface area (Å²) >= 11 is 0. The van der Waals surface area contributed by atoms with E-state index in [4.69, 9.17) is 4.42 Å². The molecule has 1 saturated carbocycles. The third kappa shape index (κ3) is 2.50. The second kappa shape index (κ2) is 5.49. The molecular weight excluding hydrogens is 258 g/mol. The molecular formula is C19H25NO. The third-order valence-electron chi connectivity index (χ3n) is 4.97. The number of hydrogen-bond acceptors (Lipinski definition) is 2. The quantitative estimate of drug-likeness (QED) is 0.805. The zero-order valence-electron chi connectivity index (χ0n) is 13.0. The molecule has 0 radical (unpaired) electrons. The van der Waals surface area contributed by atoms with E-state index in [-0.39, 0.29) is 0 Å². The van der Waals surface area contributed by atoms with Crippen molar-refractivity contribution in [3.8, 4) is 0 Å². The number of aryl methyl sites for hydroxylation is 2. The van der Waals surface area contributed by atoms with Gasteiger partial charge in [-0.25, -0.2) is 0 Å². The maximum absolute atomic E-state index is 6.25. The van der Waals surface area contributed by atoms with Gasteiger partial charge in [-0.2, -0.15) is 0 Å². The number of nitrogens with one attached hydrogen (secondary N) is 1. The van der Waals surface area contributed by atoms with Gasteiger partial charge < -0.3 is 9.73 Å². The summed E-state index contributed by atoms with van der Waals surface area (Å²) in [5.74, 6) is 1.95. The SMILES string of the molecule is CCCNCc1oc2cc3c(cc2c1C1CC1)CCCC3. The van der Waals surface area contributed by atoms with Crippen molar-refractivity contribution in [3.05, 3.63) is 34.6 Å². The van der Waals surface area contributed by atoms with Crippen molar-refractivity contribution in [3.63, 3.8) is 0 Å². The Labute approximate surface area is 126 Å². The van der Waals surface area contributed by atoms with Gasteiger partial charge in [-0.3, -0.25) is 0 Å². The number of fused-ring (bicyclic) bond motifs is 2. The molecule has 1 aromatic heterocycles. The summed E-state index contributed by atoms with van der Waals surface area (Å²) < 4.78 is 6.25. The molecule has 1 aromatic carbocycles. The van der Waals surface area contributed by atoms with Gasteiger partial charge in [0.25, 0.3) is 0 Å². The van der Waals surface area contributed by atoms with Gasteiger partial charge in [-0.05, 0) is 80.7 Å². The summed E-state index contributed by atoms with van der Waals surface area (Å²) in [6.07, 6.45) is 9.02. The highest BCUT2D eigenvalue weighted by Gasteiger charge is 2.31. The maximum Gasteiger partial charge on any atom is 0.134 e. The van der Waals surface area contributed by atoms with Crippen molar-refractivity contribution in [1.82, 2.24) is 5.32 Å². The van der Waals surface area contributed by atoms with Gasteiger partial charge in [0.2, 0.25) is 0 Å². The zero-order valence-corrected chi connectivity index (χ0v) is 13.0. The summed E-state index contributed by atoms with van der Waals surface area (Å²) in [4.78, 5) is 0. The van der Waals surface area contributed by atoms with Gasteiger partial charge in [-0.15, -0.1) is 0 Å². The monoisotopic (exact) mass is 283 g/mol. The number of hydrogen-bond donors (Lipinski definition) is 1. The lowest BCUT2D eigenvalue weighted by Gasteiger charge is -2.15. The van der Waals surface area contributed by atoms with Gasteiger partial charge in [0.15, 0.2) is 0 Å². The van der Waals surface area contributed by atoms with Gasteiger partial charge in [0.1, 0.15) is 11.3 Å². The first-order valence-corrected chi connectivity index (χ1v) is 8.64. The molecule has 112 valence electrons. The Morgan fingerprint density at radius 3 is 2.62 bits per heavy atom. The molecule has 4 rings (SSSR count). The lowest BCUT2D eigenvalue weighted by Crippen LogP contribution is -2.14. The lowest BCUT2D eigenvalue weighted by molar-refractivity contribution is 0.507. The second-order valence-electron chi connectivity index (χ2n) is 6.71. The van der Waals surface area contributed by atoms with E-state index < -0.39 is 0 Å². The molecule has 1 heterocycles. The number of furan rings is 1. The largest absolute Gasteiger partial charge is 0.459 e. The Kier molecular flexibility index (Phi) is 3.50. The van der Waals surface area contributed by atoms with Gasteiger partial charge in [-0.1, -0.05) is 6.92 Å². The third-order valence-corrected chi connectivity index (χ3v) is 4.97. The molecule has 2 aromatic rings. The predicted octanol–water partition coefficient (Wildman–Crippen LogP) is 4.69. The van der Waals surface area contributed by atoms with E-state index >= 15 is 0 Å². The summed E-state index contributed by atoms with van der Waals surface area (Å²) in [5.41, 5.74) is 5.75. The molecule has 0 aliphatic heterocycles. The van der Waals surface area contributed by atoms with E-state index in [9.17, 15) is 0 Å². The highest BCUT2D eigenvalue weighted by molar-refractivity contribution is 5.85. The number of benzene rings is 1. The molecule has 0 bridgehead atoms. The van der Waals surface area contributed by atoms with Crippen molar-refractivity contribution < 1.29 is 4.42 Å². The fraction of sp³-hybridized carbons (Fsp3) is 0.579. The topological polar surface area (TPSA) is 25.2 Å². The molecule has 1 fully saturated rings. The molecule has 2 aliphatic carbocycles. The van der Waals surface area contributed by atoms with Crippen LogP contribution >= 0.6 is 0 Å². The smallest absolute Gasteiger partial charge is 0.134 e. The predicted molar refractivity (Wildman–Crippen MR) is 86.8 cm³/mol. The van der Waals surface area contributed by atoms with E-state index in [1.807, 2.05) is 0 Å². The van der Waals surface area contributed by atoms with E-state index in [1.54, 1.807) is 5.56 Å².